The fourth-order valence-electron chi connectivity index (χ4n) is 2.32. The smallest absolute Gasteiger partial charge is 0.305 e. The minimum Gasteiger partial charge on any atom is -0.497 e. The molecule has 0 atom stereocenters. The van der Waals surface area contributed by atoms with E-state index >= 15 is 0 Å². The molecule has 0 amide bonds. The number of carboxylic acids is 1. The summed E-state index contributed by atoms with van der Waals surface area (Å²) >= 11 is 0. The fraction of sp³-hybridized carbons (Fsp3) is 0.278. The minimum absolute atomic E-state index is 0.109. The maximum absolute atomic E-state index is 10.9. The SMILES string of the molecule is COc1ccc(N(CCC(=O)O)Cc2ccccc2C)cc1. The van der Waals surface area contributed by atoms with Crippen LogP contribution in [0, 0.1) is 6.92 Å². The molecule has 0 saturated heterocycles. The van der Waals surface area contributed by atoms with E-state index in [1.165, 1.54) is 11.1 Å². The second-order valence-corrected chi connectivity index (χ2v) is 5.19. The third kappa shape index (κ3) is 4.25. The molecule has 2 aromatic carbocycles. The predicted molar refractivity (Wildman–Crippen MR) is 87.5 cm³/mol. The van der Waals surface area contributed by atoms with Crippen LogP contribution in [-0.2, 0) is 11.3 Å². The van der Waals surface area contributed by atoms with E-state index in [9.17, 15) is 4.79 Å². The number of aliphatic carboxylic acids is 1. The topological polar surface area (TPSA) is 49.8 Å². The third-order valence-corrected chi connectivity index (χ3v) is 3.66. The molecule has 0 aromatic heterocycles. The first-order valence-electron chi connectivity index (χ1n) is 7.25. The summed E-state index contributed by atoms with van der Waals surface area (Å²) < 4.78 is 5.17. The number of hydrogen-bond donors (Lipinski definition) is 1. The predicted octanol–water partition coefficient (Wildman–Crippen LogP) is 3.48. The van der Waals surface area contributed by atoms with E-state index in [0.717, 1.165) is 11.4 Å². The molecule has 0 heterocycles. The Hall–Kier alpha value is -2.49. The van der Waals surface area contributed by atoms with E-state index in [0.29, 0.717) is 13.1 Å². The summed E-state index contributed by atoms with van der Waals surface area (Å²) in [5.41, 5.74) is 3.39. The Kier molecular flexibility index (Phi) is 5.42. The molecule has 0 aliphatic heterocycles. The Morgan fingerprint density at radius 1 is 1.14 bits per heavy atom. The second-order valence-electron chi connectivity index (χ2n) is 5.19. The lowest BCUT2D eigenvalue weighted by molar-refractivity contribution is -0.136. The zero-order chi connectivity index (χ0) is 15.9. The van der Waals surface area contributed by atoms with Gasteiger partial charge < -0.3 is 14.7 Å². The summed E-state index contributed by atoms with van der Waals surface area (Å²) in [6.45, 7) is 3.22. The standard InChI is InChI=1S/C18H21NO3/c1-14-5-3-4-6-15(14)13-19(12-11-18(20)21)16-7-9-17(22-2)10-8-16/h3-10H,11-13H2,1-2H3,(H,20,21). The Morgan fingerprint density at radius 2 is 1.82 bits per heavy atom. The molecular formula is C18H21NO3. The van der Waals surface area contributed by atoms with Crippen molar-refractivity contribution in [1.29, 1.82) is 0 Å². The number of anilines is 1. The van der Waals surface area contributed by atoms with Gasteiger partial charge in [-0.05, 0) is 42.3 Å². The molecule has 0 aliphatic rings. The van der Waals surface area contributed by atoms with E-state index in [1.54, 1.807) is 7.11 Å². The summed E-state index contributed by atoms with van der Waals surface area (Å²) in [6.07, 6.45) is 0.109. The molecule has 4 nitrogen and oxygen atoms in total. The summed E-state index contributed by atoms with van der Waals surface area (Å²) in [4.78, 5) is 13.0. The van der Waals surface area contributed by atoms with Gasteiger partial charge in [-0.15, -0.1) is 0 Å². The van der Waals surface area contributed by atoms with Crippen LogP contribution in [0.15, 0.2) is 48.5 Å². The minimum atomic E-state index is -0.789. The summed E-state index contributed by atoms with van der Waals surface area (Å²) in [6, 6.07) is 15.9. The number of carbonyl (C=O) groups is 1. The Bertz CT molecular complexity index is 622. The highest BCUT2D eigenvalue weighted by Gasteiger charge is 2.11. The van der Waals surface area contributed by atoms with Gasteiger partial charge in [-0.3, -0.25) is 4.79 Å². The summed E-state index contributed by atoms with van der Waals surface area (Å²) in [7, 11) is 1.63. The van der Waals surface area contributed by atoms with Crippen LogP contribution in [0.4, 0.5) is 5.69 Å². The second kappa shape index (κ2) is 7.50. The van der Waals surface area contributed by atoms with Crippen molar-refractivity contribution in [3.8, 4) is 5.75 Å². The van der Waals surface area contributed by atoms with Crippen molar-refractivity contribution in [2.45, 2.75) is 19.9 Å². The van der Waals surface area contributed by atoms with Gasteiger partial charge in [-0.1, -0.05) is 24.3 Å². The van der Waals surface area contributed by atoms with Crippen LogP contribution in [0.3, 0.4) is 0 Å². The van der Waals surface area contributed by atoms with E-state index < -0.39 is 5.97 Å². The zero-order valence-electron chi connectivity index (χ0n) is 13.0. The van der Waals surface area contributed by atoms with Crippen LogP contribution in [0.1, 0.15) is 17.5 Å². The van der Waals surface area contributed by atoms with Crippen molar-refractivity contribution in [3.63, 3.8) is 0 Å². The van der Waals surface area contributed by atoms with Crippen LogP contribution < -0.4 is 9.64 Å². The fourth-order valence-corrected chi connectivity index (χ4v) is 2.32. The molecule has 0 bridgehead atoms. The number of hydrogen-bond acceptors (Lipinski definition) is 3. The Morgan fingerprint density at radius 3 is 2.41 bits per heavy atom. The molecular weight excluding hydrogens is 278 g/mol. The first kappa shape index (κ1) is 15.9. The van der Waals surface area contributed by atoms with Crippen LogP contribution >= 0.6 is 0 Å². The molecule has 2 aromatic rings. The highest BCUT2D eigenvalue weighted by atomic mass is 16.5. The molecule has 2 rings (SSSR count). The number of nitrogens with zero attached hydrogens (tertiary/aromatic N) is 1. The highest BCUT2D eigenvalue weighted by Crippen LogP contribution is 2.22. The molecule has 4 heteroatoms. The van der Waals surface area contributed by atoms with Crippen molar-refractivity contribution in [2.24, 2.45) is 0 Å². The maximum atomic E-state index is 10.9. The summed E-state index contributed by atoms with van der Waals surface area (Å²) in [5.74, 6) is 0.00104. The van der Waals surface area contributed by atoms with Gasteiger partial charge in [-0.2, -0.15) is 0 Å². The van der Waals surface area contributed by atoms with Gasteiger partial charge in [0, 0.05) is 18.8 Å². The van der Waals surface area contributed by atoms with E-state index in [2.05, 4.69) is 24.0 Å². The van der Waals surface area contributed by atoms with Crippen molar-refractivity contribution >= 4 is 11.7 Å². The van der Waals surface area contributed by atoms with Gasteiger partial charge >= 0.3 is 5.97 Å². The third-order valence-electron chi connectivity index (χ3n) is 3.66. The lowest BCUT2D eigenvalue weighted by Gasteiger charge is -2.25. The molecule has 0 fully saturated rings. The van der Waals surface area contributed by atoms with Gasteiger partial charge in [0.1, 0.15) is 5.75 Å². The molecule has 0 aliphatic carbocycles. The number of carboxylic acid groups (broad SMARTS) is 1. The quantitative estimate of drug-likeness (QED) is 0.850. The molecule has 0 unspecified atom stereocenters. The first-order valence-corrected chi connectivity index (χ1v) is 7.25. The normalized spacial score (nSPS) is 10.3. The van der Waals surface area contributed by atoms with Crippen LogP contribution in [-0.4, -0.2) is 24.7 Å². The number of methoxy groups -OCH3 is 1. The van der Waals surface area contributed by atoms with Gasteiger partial charge in [0.15, 0.2) is 0 Å². The Balaban J connectivity index is 2.21. The average molecular weight is 299 g/mol. The first-order chi connectivity index (χ1) is 10.6. The van der Waals surface area contributed by atoms with E-state index in [4.69, 9.17) is 9.84 Å². The van der Waals surface area contributed by atoms with Gasteiger partial charge in [0.25, 0.3) is 0 Å². The van der Waals surface area contributed by atoms with Crippen LogP contribution in [0.2, 0.25) is 0 Å². The molecule has 0 spiro atoms. The number of ether oxygens (including phenoxy) is 1. The lowest BCUT2D eigenvalue weighted by atomic mass is 10.1. The van der Waals surface area contributed by atoms with Crippen molar-refractivity contribution in [1.82, 2.24) is 0 Å². The van der Waals surface area contributed by atoms with E-state index in [1.807, 2.05) is 36.4 Å². The molecule has 22 heavy (non-hydrogen) atoms. The van der Waals surface area contributed by atoms with Crippen molar-refractivity contribution in [2.75, 3.05) is 18.6 Å². The number of benzene rings is 2. The van der Waals surface area contributed by atoms with Gasteiger partial charge in [0.05, 0.1) is 13.5 Å². The molecule has 116 valence electrons. The van der Waals surface area contributed by atoms with Crippen molar-refractivity contribution in [3.05, 3.63) is 59.7 Å². The molecule has 1 N–H and O–H groups in total. The maximum Gasteiger partial charge on any atom is 0.305 e. The van der Waals surface area contributed by atoms with Gasteiger partial charge in [-0.25, -0.2) is 0 Å². The molecule has 0 radical (unpaired) electrons. The number of aryl methyl sites for hydroxylation is 1. The largest absolute Gasteiger partial charge is 0.497 e. The van der Waals surface area contributed by atoms with E-state index in [-0.39, 0.29) is 6.42 Å². The molecule has 0 saturated carbocycles. The summed E-state index contributed by atoms with van der Waals surface area (Å²) in [5, 5.41) is 8.97. The highest BCUT2D eigenvalue weighted by molar-refractivity contribution is 5.67. The van der Waals surface area contributed by atoms with Crippen LogP contribution in [0.25, 0.3) is 0 Å². The van der Waals surface area contributed by atoms with Crippen molar-refractivity contribution < 1.29 is 14.6 Å². The lowest BCUT2D eigenvalue weighted by Crippen LogP contribution is -2.26. The average Bonchev–Trinajstić information content (AvgIpc) is 2.53. The number of rotatable bonds is 7. The monoisotopic (exact) mass is 299 g/mol. The van der Waals surface area contributed by atoms with Crippen LogP contribution in [0.5, 0.6) is 5.75 Å². The van der Waals surface area contributed by atoms with Gasteiger partial charge in [0.2, 0.25) is 0 Å². The zero-order valence-corrected chi connectivity index (χ0v) is 13.0. The Labute approximate surface area is 131 Å².